The normalized spacial score (nSPS) is 20.0. The van der Waals surface area contributed by atoms with Gasteiger partial charge in [-0.15, -0.1) is 0 Å². The minimum atomic E-state index is -1.00. The van der Waals surface area contributed by atoms with E-state index in [1.54, 1.807) is 32.8 Å². The molecule has 2 aliphatic rings. The van der Waals surface area contributed by atoms with Crippen LogP contribution in [-0.4, -0.2) is 74.8 Å². The summed E-state index contributed by atoms with van der Waals surface area (Å²) in [5.74, 6) is -0.214. The molecule has 0 aliphatic carbocycles. The van der Waals surface area contributed by atoms with Crippen molar-refractivity contribution in [3.05, 3.63) is 109 Å². The molecule has 14 heteroatoms. The van der Waals surface area contributed by atoms with E-state index in [2.05, 4.69) is 120 Å². The SMILES string of the molecule is CCCC(C)n1ncn(-c2ccc(N3CCN(c4ccc(OC[C@@H]5CO[C@@](Cn6nccn6)(c6ccc(I)cc6I)O5)cc4)CC3)cc2)c1=O. The van der Waals surface area contributed by atoms with Crippen molar-refractivity contribution in [2.75, 3.05) is 49.2 Å². The van der Waals surface area contributed by atoms with Crippen LogP contribution in [0.15, 0.2) is 90.2 Å². The zero-order valence-electron chi connectivity index (χ0n) is 28.1. The molecule has 0 spiro atoms. The molecule has 50 heavy (non-hydrogen) atoms. The van der Waals surface area contributed by atoms with Gasteiger partial charge in [0.1, 0.15) is 31.3 Å². The monoisotopic (exact) mass is 902 g/mol. The van der Waals surface area contributed by atoms with Crippen LogP contribution >= 0.6 is 45.2 Å². The Balaban J connectivity index is 0.921. The zero-order valence-corrected chi connectivity index (χ0v) is 32.4. The van der Waals surface area contributed by atoms with Crippen LogP contribution in [0.4, 0.5) is 11.4 Å². The highest BCUT2D eigenvalue weighted by Crippen LogP contribution is 2.39. The molecule has 0 bridgehead atoms. The Morgan fingerprint density at radius 3 is 2.18 bits per heavy atom. The molecular weight excluding hydrogens is 862 g/mol. The number of hydrogen-bond acceptors (Lipinski definition) is 9. The Morgan fingerprint density at radius 2 is 1.54 bits per heavy atom. The van der Waals surface area contributed by atoms with E-state index in [1.807, 2.05) is 31.2 Å². The van der Waals surface area contributed by atoms with E-state index >= 15 is 0 Å². The first-order valence-electron chi connectivity index (χ1n) is 16.9. The molecule has 2 aromatic heterocycles. The van der Waals surface area contributed by atoms with Crippen molar-refractivity contribution < 1.29 is 14.2 Å². The van der Waals surface area contributed by atoms with Crippen LogP contribution in [0.3, 0.4) is 0 Å². The van der Waals surface area contributed by atoms with Crippen molar-refractivity contribution in [1.82, 2.24) is 29.3 Å². The third kappa shape index (κ3) is 7.57. The molecule has 2 saturated heterocycles. The van der Waals surface area contributed by atoms with Crippen molar-refractivity contribution >= 4 is 56.6 Å². The molecule has 3 atom stereocenters. The Hall–Kier alpha value is -3.48. The second-order valence-corrected chi connectivity index (χ2v) is 15.1. The summed E-state index contributed by atoms with van der Waals surface area (Å²) in [4.78, 5) is 19.3. The van der Waals surface area contributed by atoms with Gasteiger partial charge >= 0.3 is 5.69 Å². The lowest BCUT2D eigenvalue weighted by molar-refractivity contribution is -0.193. The number of ether oxygens (including phenoxy) is 3. The largest absolute Gasteiger partial charge is 0.491 e. The first-order chi connectivity index (χ1) is 24.3. The highest BCUT2D eigenvalue weighted by Gasteiger charge is 2.46. The molecule has 0 amide bonds. The van der Waals surface area contributed by atoms with Gasteiger partial charge in [-0.05, 0) is 119 Å². The van der Waals surface area contributed by atoms with Gasteiger partial charge in [0.25, 0.3) is 0 Å². The number of aromatic nitrogens is 6. The van der Waals surface area contributed by atoms with Crippen LogP contribution in [0.2, 0.25) is 0 Å². The minimum absolute atomic E-state index is 0.0846. The average molecular weight is 903 g/mol. The molecule has 0 N–H and O–H groups in total. The molecule has 2 aliphatic heterocycles. The second-order valence-electron chi connectivity index (χ2n) is 12.6. The fraction of sp³-hybridized carbons (Fsp3) is 0.389. The lowest BCUT2D eigenvalue weighted by Gasteiger charge is -2.37. The van der Waals surface area contributed by atoms with Crippen LogP contribution < -0.4 is 20.2 Å². The third-order valence-corrected chi connectivity index (χ3v) is 10.8. The first-order valence-corrected chi connectivity index (χ1v) is 19.1. The number of piperazine rings is 1. The molecule has 262 valence electrons. The van der Waals surface area contributed by atoms with Gasteiger partial charge in [-0.25, -0.2) is 14.0 Å². The third-order valence-electron chi connectivity index (χ3n) is 9.25. The van der Waals surface area contributed by atoms with Crippen molar-refractivity contribution in [3.63, 3.8) is 0 Å². The van der Waals surface area contributed by atoms with Crippen LogP contribution in [-0.2, 0) is 21.8 Å². The molecule has 0 saturated carbocycles. The van der Waals surface area contributed by atoms with Gasteiger partial charge < -0.3 is 24.0 Å². The van der Waals surface area contributed by atoms with Crippen molar-refractivity contribution in [2.45, 2.75) is 51.2 Å². The van der Waals surface area contributed by atoms with Crippen LogP contribution in [0.1, 0.15) is 38.3 Å². The summed E-state index contributed by atoms with van der Waals surface area (Å²) in [5.41, 5.74) is 4.00. The van der Waals surface area contributed by atoms with E-state index in [0.29, 0.717) is 19.8 Å². The molecule has 2 fully saturated rings. The molecule has 7 rings (SSSR count). The molecule has 12 nitrogen and oxygen atoms in total. The number of benzene rings is 3. The summed E-state index contributed by atoms with van der Waals surface area (Å²) in [7, 11) is 0. The maximum atomic E-state index is 12.9. The van der Waals surface area contributed by atoms with Gasteiger partial charge in [0, 0.05) is 50.3 Å². The standard InChI is InChI=1S/C36H40I2N8O4/c1-3-4-26(2)46-35(47)44(25-41-46)30-8-6-28(7-9-30)42-17-19-43(20-18-42)29-10-12-31(13-11-29)48-22-32-23-49-36(50-32,24-45-39-15-16-40-45)33-14-5-27(37)21-34(33)38/h5-16,21,25-26,32H,3-4,17-20,22-24H2,1-2H3/t26?,32-,36-/m1/s1. The average Bonchev–Trinajstić information content (AvgIpc) is 3.89. The molecule has 3 aromatic carbocycles. The maximum absolute atomic E-state index is 12.9. The molecule has 5 aromatic rings. The van der Waals surface area contributed by atoms with E-state index in [4.69, 9.17) is 14.2 Å². The topological polar surface area (TPSA) is 105 Å². The number of rotatable bonds is 12. The molecule has 4 heterocycles. The predicted octanol–water partition coefficient (Wildman–Crippen LogP) is 5.87. The van der Waals surface area contributed by atoms with Crippen molar-refractivity contribution in [2.24, 2.45) is 0 Å². The van der Waals surface area contributed by atoms with Gasteiger partial charge in [0.15, 0.2) is 0 Å². The number of hydrogen-bond donors (Lipinski definition) is 0. The second kappa shape index (κ2) is 15.4. The maximum Gasteiger partial charge on any atom is 0.350 e. The Labute approximate surface area is 318 Å². The summed E-state index contributed by atoms with van der Waals surface area (Å²) in [5, 5.41) is 13.0. The summed E-state index contributed by atoms with van der Waals surface area (Å²) in [6.07, 6.45) is 6.61. The Bertz CT molecular complexity index is 1920. The van der Waals surface area contributed by atoms with E-state index < -0.39 is 5.79 Å². The summed E-state index contributed by atoms with van der Waals surface area (Å²) in [6.45, 7) is 8.87. The lowest BCUT2D eigenvalue weighted by Crippen LogP contribution is -2.46. The Morgan fingerprint density at radius 1 is 0.900 bits per heavy atom. The van der Waals surface area contributed by atoms with Crippen molar-refractivity contribution in [1.29, 1.82) is 0 Å². The van der Waals surface area contributed by atoms with E-state index in [9.17, 15) is 4.79 Å². The molecular formula is C36H40I2N8O4. The minimum Gasteiger partial charge on any atom is -0.491 e. The van der Waals surface area contributed by atoms with Gasteiger partial charge in [-0.1, -0.05) is 19.4 Å². The van der Waals surface area contributed by atoms with Gasteiger partial charge in [-0.3, -0.25) is 0 Å². The van der Waals surface area contributed by atoms with Crippen LogP contribution in [0.5, 0.6) is 5.75 Å². The summed E-state index contributed by atoms with van der Waals surface area (Å²) in [6, 6.07) is 22.8. The lowest BCUT2D eigenvalue weighted by atomic mass is 10.1. The summed E-state index contributed by atoms with van der Waals surface area (Å²) < 4.78 is 24.6. The smallest absolute Gasteiger partial charge is 0.350 e. The highest BCUT2D eigenvalue weighted by atomic mass is 127. The van der Waals surface area contributed by atoms with E-state index in [1.165, 1.54) is 5.69 Å². The predicted molar refractivity (Wildman–Crippen MR) is 208 cm³/mol. The fourth-order valence-electron chi connectivity index (χ4n) is 6.59. The number of anilines is 2. The van der Waals surface area contributed by atoms with E-state index in [-0.39, 0.29) is 17.8 Å². The van der Waals surface area contributed by atoms with Gasteiger partial charge in [-0.2, -0.15) is 20.1 Å². The number of nitrogens with zero attached hydrogens (tertiary/aromatic N) is 8. The molecule has 1 unspecified atom stereocenters. The van der Waals surface area contributed by atoms with Crippen LogP contribution in [0.25, 0.3) is 5.69 Å². The van der Waals surface area contributed by atoms with Gasteiger partial charge in [0.2, 0.25) is 5.79 Å². The van der Waals surface area contributed by atoms with Crippen LogP contribution in [0, 0.1) is 7.14 Å². The quantitative estimate of drug-likeness (QED) is 0.142. The number of halogens is 2. The fourth-order valence-corrected chi connectivity index (χ4v) is 8.60. The Kier molecular flexibility index (Phi) is 10.8. The highest BCUT2D eigenvalue weighted by molar-refractivity contribution is 14.1. The molecule has 0 radical (unpaired) electrons. The van der Waals surface area contributed by atoms with E-state index in [0.717, 1.165) is 68.8 Å². The zero-order chi connectivity index (χ0) is 34.7. The van der Waals surface area contributed by atoms with Gasteiger partial charge in [0.05, 0.1) is 30.7 Å². The van der Waals surface area contributed by atoms with Crippen molar-refractivity contribution in [3.8, 4) is 11.4 Å². The summed E-state index contributed by atoms with van der Waals surface area (Å²) >= 11 is 4.64. The first kappa shape index (κ1) is 34.9.